The van der Waals surface area contributed by atoms with E-state index in [1.165, 1.54) is 12.1 Å². The smallest absolute Gasteiger partial charge is 0.269 e. The average molecular weight is 378 g/mol. The van der Waals surface area contributed by atoms with E-state index in [4.69, 9.17) is 5.73 Å². The van der Waals surface area contributed by atoms with Crippen LogP contribution in [-0.4, -0.2) is 34.5 Å². The maximum absolute atomic E-state index is 10.4. The molecule has 0 radical (unpaired) electrons. The number of nitrogens with two attached hydrogens (primary N) is 1. The molecule has 28 heavy (non-hydrogen) atoms. The van der Waals surface area contributed by atoms with Crippen LogP contribution in [0.1, 0.15) is 11.6 Å². The first kappa shape index (κ1) is 18.7. The number of benzene rings is 2. The van der Waals surface area contributed by atoms with Crippen LogP contribution in [0.2, 0.25) is 0 Å². The summed E-state index contributed by atoms with van der Waals surface area (Å²) in [6, 6.07) is 13.6. The van der Waals surface area contributed by atoms with Crippen LogP contribution in [0.4, 0.5) is 11.4 Å². The molecular weight excluding hydrogens is 360 g/mol. The van der Waals surface area contributed by atoms with Crippen molar-refractivity contribution in [3.8, 4) is 11.4 Å². The highest BCUT2D eigenvalue weighted by Crippen LogP contribution is 2.14. The van der Waals surface area contributed by atoms with Gasteiger partial charge in [0.15, 0.2) is 0 Å². The summed E-state index contributed by atoms with van der Waals surface area (Å²) >= 11 is 0. The number of hydrogen-bond acceptors (Lipinski definition) is 7. The molecule has 2 aromatic heterocycles. The Morgan fingerprint density at radius 3 is 1.61 bits per heavy atom. The molecule has 0 saturated carbocycles. The lowest BCUT2D eigenvalue weighted by Gasteiger charge is -1.99. The van der Waals surface area contributed by atoms with Gasteiger partial charge in [0, 0.05) is 17.8 Å². The zero-order valence-corrected chi connectivity index (χ0v) is 15.3. The molecule has 0 aliphatic heterocycles. The van der Waals surface area contributed by atoms with E-state index < -0.39 is 4.92 Å². The largest absolute Gasteiger partial charge is 0.399 e. The molecule has 0 spiro atoms. The number of nitro benzene ring substituents is 1. The van der Waals surface area contributed by atoms with Crippen molar-refractivity contribution >= 4 is 11.4 Å². The normalized spacial score (nSPS) is 10.2. The van der Waals surface area contributed by atoms with Crippen LogP contribution in [0.5, 0.6) is 0 Å². The zero-order valence-electron chi connectivity index (χ0n) is 15.3. The van der Waals surface area contributed by atoms with Crippen molar-refractivity contribution in [2.45, 2.75) is 13.8 Å². The van der Waals surface area contributed by atoms with E-state index in [-0.39, 0.29) is 5.69 Å². The summed E-state index contributed by atoms with van der Waals surface area (Å²) in [6.07, 6.45) is 3.25. The Kier molecular flexibility index (Phi) is 5.40. The van der Waals surface area contributed by atoms with Gasteiger partial charge in [0.25, 0.3) is 5.69 Å². The predicted molar refractivity (Wildman–Crippen MR) is 103 cm³/mol. The van der Waals surface area contributed by atoms with Gasteiger partial charge in [0.1, 0.15) is 24.3 Å². The minimum absolute atomic E-state index is 0.0654. The first-order valence-corrected chi connectivity index (χ1v) is 8.29. The van der Waals surface area contributed by atoms with Crippen molar-refractivity contribution in [1.82, 2.24) is 29.5 Å². The Labute approximate surface area is 160 Å². The number of rotatable bonds is 3. The number of anilines is 1. The molecule has 2 N–H and O–H groups in total. The van der Waals surface area contributed by atoms with E-state index in [1.54, 1.807) is 41.1 Å². The molecule has 4 aromatic rings. The zero-order chi connectivity index (χ0) is 20.1. The fraction of sp³-hybridized carbons (Fsp3) is 0.111. The molecule has 2 heterocycles. The number of aryl methyl sites for hydroxylation is 2. The van der Waals surface area contributed by atoms with E-state index in [9.17, 15) is 10.1 Å². The Bertz CT molecular complexity index is 1070. The summed E-state index contributed by atoms with van der Waals surface area (Å²) < 4.78 is 3.29. The van der Waals surface area contributed by atoms with Crippen molar-refractivity contribution in [1.29, 1.82) is 0 Å². The standard InChI is InChI=1S/C9H8N4O2.C9H10N4/c1-7-10-6-12(11-7)8-2-4-9(5-3-8)13(14)15;1-7-11-6-13(12-7)9-4-2-8(10)3-5-9/h2-6H,1H3;2-6H,10H2,1H3. The van der Waals surface area contributed by atoms with Crippen LogP contribution in [0.3, 0.4) is 0 Å². The monoisotopic (exact) mass is 378 g/mol. The Balaban J connectivity index is 0.000000162. The van der Waals surface area contributed by atoms with Gasteiger partial charge < -0.3 is 5.73 Å². The van der Waals surface area contributed by atoms with Gasteiger partial charge in [-0.25, -0.2) is 19.3 Å². The second-order valence-corrected chi connectivity index (χ2v) is 5.84. The van der Waals surface area contributed by atoms with Gasteiger partial charge in [0.2, 0.25) is 0 Å². The molecule has 0 atom stereocenters. The molecule has 0 aliphatic rings. The number of nitrogen functional groups attached to an aromatic ring is 1. The molecule has 0 amide bonds. The van der Waals surface area contributed by atoms with E-state index in [0.29, 0.717) is 5.82 Å². The summed E-state index contributed by atoms with van der Waals surface area (Å²) in [5.74, 6) is 1.42. The minimum Gasteiger partial charge on any atom is -0.399 e. The number of non-ortho nitro benzene ring substituents is 1. The molecule has 142 valence electrons. The fourth-order valence-corrected chi connectivity index (χ4v) is 2.29. The summed E-state index contributed by atoms with van der Waals surface area (Å²) in [7, 11) is 0. The van der Waals surface area contributed by atoms with Crippen LogP contribution >= 0.6 is 0 Å². The lowest BCUT2D eigenvalue weighted by Crippen LogP contribution is -1.95. The number of hydrogen-bond donors (Lipinski definition) is 1. The van der Waals surface area contributed by atoms with Gasteiger partial charge >= 0.3 is 0 Å². The number of aromatic nitrogens is 6. The van der Waals surface area contributed by atoms with Crippen molar-refractivity contribution in [3.05, 3.63) is 82.9 Å². The molecule has 0 fully saturated rings. The van der Waals surface area contributed by atoms with Crippen LogP contribution in [0, 0.1) is 24.0 Å². The van der Waals surface area contributed by atoms with E-state index in [2.05, 4.69) is 20.2 Å². The third-order valence-electron chi connectivity index (χ3n) is 3.70. The maximum atomic E-state index is 10.4. The quantitative estimate of drug-likeness (QED) is 0.329. The molecule has 0 aliphatic carbocycles. The molecule has 0 saturated heterocycles. The van der Waals surface area contributed by atoms with E-state index in [0.717, 1.165) is 22.9 Å². The topological polar surface area (TPSA) is 131 Å². The van der Waals surface area contributed by atoms with Crippen molar-refractivity contribution in [3.63, 3.8) is 0 Å². The highest BCUT2D eigenvalue weighted by molar-refractivity contribution is 5.44. The van der Waals surface area contributed by atoms with Crippen molar-refractivity contribution in [2.24, 2.45) is 0 Å². The SMILES string of the molecule is Cc1ncn(-c2ccc(N)cc2)n1.Cc1ncn(-c2ccc([N+](=O)[O-])cc2)n1. The summed E-state index contributed by atoms with van der Waals surface area (Å²) in [6.45, 7) is 3.63. The summed E-state index contributed by atoms with van der Waals surface area (Å²) in [5.41, 5.74) is 8.10. The van der Waals surface area contributed by atoms with Gasteiger partial charge in [-0.05, 0) is 50.2 Å². The van der Waals surface area contributed by atoms with Crippen LogP contribution < -0.4 is 5.73 Å². The second-order valence-electron chi connectivity index (χ2n) is 5.84. The van der Waals surface area contributed by atoms with Gasteiger partial charge in [-0.1, -0.05) is 0 Å². The lowest BCUT2D eigenvalue weighted by atomic mass is 10.3. The van der Waals surface area contributed by atoms with Crippen molar-refractivity contribution < 1.29 is 4.92 Å². The second kappa shape index (κ2) is 8.08. The Morgan fingerprint density at radius 2 is 1.25 bits per heavy atom. The first-order valence-electron chi connectivity index (χ1n) is 8.29. The van der Waals surface area contributed by atoms with Crippen LogP contribution in [0.15, 0.2) is 61.2 Å². The molecule has 10 nitrogen and oxygen atoms in total. The Hall–Kier alpha value is -4.08. The minimum atomic E-state index is -0.434. The van der Waals surface area contributed by atoms with Gasteiger partial charge in [-0.3, -0.25) is 10.1 Å². The van der Waals surface area contributed by atoms with Crippen LogP contribution in [0.25, 0.3) is 11.4 Å². The predicted octanol–water partition coefficient (Wildman–Crippen LogP) is 2.64. The highest BCUT2D eigenvalue weighted by Gasteiger charge is 2.05. The third kappa shape index (κ3) is 4.55. The molecule has 2 aromatic carbocycles. The summed E-state index contributed by atoms with van der Waals surface area (Å²) in [4.78, 5) is 18.0. The molecule has 10 heteroatoms. The van der Waals surface area contributed by atoms with Crippen LogP contribution in [-0.2, 0) is 0 Å². The molecule has 4 rings (SSSR count). The Morgan fingerprint density at radius 1 is 0.821 bits per heavy atom. The van der Waals surface area contributed by atoms with E-state index >= 15 is 0 Å². The van der Waals surface area contributed by atoms with Gasteiger partial charge in [0.05, 0.1) is 16.3 Å². The number of nitrogens with zero attached hydrogens (tertiary/aromatic N) is 7. The van der Waals surface area contributed by atoms with Gasteiger partial charge in [-0.15, -0.1) is 0 Å². The maximum Gasteiger partial charge on any atom is 0.269 e. The number of nitro groups is 1. The highest BCUT2D eigenvalue weighted by atomic mass is 16.6. The molecule has 0 bridgehead atoms. The first-order chi connectivity index (χ1) is 13.4. The average Bonchev–Trinajstić information content (AvgIpc) is 3.31. The summed E-state index contributed by atoms with van der Waals surface area (Å²) in [5, 5.41) is 18.7. The fourth-order valence-electron chi connectivity index (χ4n) is 2.29. The third-order valence-corrected chi connectivity index (χ3v) is 3.70. The van der Waals surface area contributed by atoms with Gasteiger partial charge in [-0.2, -0.15) is 10.2 Å². The van der Waals surface area contributed by atoms with Crippen molar-refractivity contribution in [2.75, 3.05) is 5.73 Å². The lowest BCUT2D eigenvalue weighted by molar-refractivity contribution is -0.384. The van der Waals surface area contributed by atoms with E-state index in [1.807, 2.05) is 31.2 Å². The molecule has 0 unspecified atom stereocenters. The molecular formula is C18H18N8O2.